The zero-order valence-corrected chi connectivity index (χ0v) is 16.0. The van der Waals surface area contributed by atoms with Crippen LogP contribution in [0.5, 0.6) is 5.75 Å². The number of carbonyl (C=O) groups excluding carboxylic acids is 2. The second kappa shape index (κ2) is 8.41. The van der Waals surface area contributed by atoms with Crippen molar-refractivity contribution in [3.05, 3.63) is 58.1 Å². The Morgan fingerprint density at radius 2 is 1.96 bits per heavy atom. The first-order chi connectivity index (χ1) is 13.0. The average molecular weight is 406 g/mol. The molecule has 0 aliphatic carbocycles. The maximum Gasteiger partial charge on any atom is 0.245 e. The van der Waals surface area contributed by atoms with Gasteiger partial charge in [-0.15, -0.1) is 0 Å². The molecule has 0 bridgehead atoms. The largest absolute Gasteiger partial charge is 0.497 e. The van der Waals surface area contributed by atoms with E-state index in [9.17, 15) is 9.59 Å². The Morgan fingerprint density at radius 3 is 2.63 bits per heavy atom. The van der Waals surface area contributed by atoms with Gasteiger partial charge in [0, 0.05) is 18.7 Å². The lowest BCUT2D eigenvalue weighted by Crippen LogP contribution is -2.30. The third kappa shape index (κ3) is 4.59. The summed E-state index contributed by atoms with van der Waals surface area (Å²) in [7, 11) is 1.58. The number of carbonyl (C=O) groups is 2. The topological polar surface area (TPSA) is 71.0 Å². The zero-order chi connectivity index (χ0) is 19.4. The van der Waals surface area contributed by atoms with Gasteiger partial charge < -0.3 is 9.64 Å². The number of hydrazone groups is 1. The molecule has 27 heavy (non-hydrogen) atoms. The van der Waals surface area contributed by atoms with E-state index >= 15 is 0 Å². The molecule has 1 N–H and O–H groups in total. The molecule has 0 saturated carbocycles. The molecule has 0 unspecified atom stereocenters. The highest BCUT2D eigenvalue weighted by Gasteiger charge is 2.35. The number of amides is 2. The summed E-state index contributed by atoms with van der Waals surface area (Å²) in [6.07, 6.45) is 1.61. The molecule has 2 aromatic carbocycles. The second-order valence-electron chi connectivity index (χ2n) is 6.01. The maximum absolute atomic E-state index is 12.3. The van der Waals surface area contributed by atoms with E-state index in [0.717, 1.165) is 5.69 Å². The predicted molar refractivity (Wildman–Crippen MR) is 106 cm³/mol. The number of methoxy groups -OCH3 is 1. The molecule has 3 rings (SSSR count). The quantitative estimate of drug-likeness (QED) is 0.610. The van der Waals surface area contributed by atoms with Crippen LogP contribution in [0, 0.1) is 5.92 Å². The van der Waals surface area contributed by atoms with Crippen molar-refractivity contribution in [3.63, 3.8) is 0 Å². The highest BCUT2D eigenvalue weighted by molar-refractivity contribution is 6.42. The molecular formula is C19H17Cl2N3O3. The van der Waals surface area contributed by atoms with Crippen molar-refractivity contribution in [1.29, 1.82) is 0 Å². The lowest BCUT2D eigenvalue weighted by atomic mass is 10.1. The Kier molecular flexibility index (Phi) is 5.98. The monoisotopic (exact) mass is 405 g/mol. The molecule has 0 spiro atoms. The van der Waals surface area contributed by atoms with Crippen LogP contribution in [0.2, 0.25) is 10.0 Å². The van der Waals surface area contributed by atoms with Crippen molar-refractivity contribution in [2.75, 3.05) is 18.6 Å². The van der Waals surface area contributed by atoms with Crippen molar-refractivity contribution in [2.45, 2.75) is 6.42 Å². The molecule has 1 aliphatic heterocycles. The summed E-state index contributed by atoms with van der Waals surface area (Å²) in [6, 6.07) is 12.2. The molecule has 2 amide bonds. The smallest absolute Gasteiger partial charge is 0.245 e. The fourth-order valence-electron chi connectivity index (χ4n) is 2.75. The van der Waals surface area contributed by atoms with Gasteiger partial charge in [-0.3, -0.25) is 9.59 Å². The lowest BCUT2D eigenvalue weighted by Gasteiger charge is -2.16. The van der Waals surface area contributed by atoms with E-state index in [1.807, 2.05) is 0 Å². The summed E-state index contributed by atoms with van der Waals surface area (Å²) in [5.41, 5.74) is 3.91. The predicted octanol–water partition coefficient (Wildman–Crippen LogP) is 3.51. The van der Waals surface area contributed by atoms with Crippen molar-refractivity contribution >= 4 is 46.9 Å². The van der Waals surface area contributed by atoms with Crippen LogP contribution in [0.4, 0.5) is 5.69 Å². The van der Waals surface area contributed by atoms with Crippen LogP contribution in [0.15, 0.2) is 47.6 Å². The number of hydrogen-bond donors (Lipinski definition) is 1. The van der Waals surface area contributed by atoms with E-state index in [0.29, 0.717) is 27.9 Å². The number of hydrogen-bond acceptors (Lipinski definition) is 4. The van der Waals surface area contributed by atoms with Gasteiger partial charge in [0.1, 0.15) is 5.75 Å². The minimum Gasteiger partial charge on any atom is -0.497 e. The summed E-state index contributed by atoms with van der Waals surface area (Å²) in [5, 5.41) is 4.78. The molecular weight excluding hydrogens is 389 g/mol. The van der Waals surface area contributed by atoms with Crippen LogP contribution in [-0.2, 0) is 9.59 Å². The first kappa shape index (κ1) is 19.2. The van der Waals surface area contributed by atoms with Gasteiger partial charge >= 0.3 is 0 Å². The molecule has 0 aromatic heterocycles. The Balaban J connectivity index is 1.59. The zero-order valence-electron chi connectivity index (χ0n) is 14.5. The summed E-state index contributed by atoms with van der Waals surface area (Å²) in [6.45, 7) is 0.305. The van der Waals surface area contributed by atoms with Crippen LogP contribution in [0.1, 0.15) is 12.0 Å². The van der Waals surface area contributed by atoms with Crippen molar-refractivity contribution in [2.24, 2.45) is 11.0 Å². The number of anilines is 1. The SMILES string of the molecule is COc1ccc(N2C[C@H](C(=O)N/N=C/c3ccc(Cl)c(Cl)c3)CC2=O)cc1. The van der Waals surface area contributed by atoms with Crippen LogP contribution in [0.25, 0.3) is 0 Å². The van der Waals surface area contributed by atoms with E-state index in [4.69, 9.17) is 27.9 Å². The highest BCUT2D eigenvalue weighted by atomic mass is 35.5. The minimum atomic E-state index is -0.467. The van der Waals surface area contributed by atoms with Crippen LogP contribution in [-0.4, -0.2) is 31.7 Å². The van der Waals surface area contributed by atoms with Gasteiger partial charge in [0.2, 0.25) is 11.8 Å². The van der Waals surface area contributed by atoms with E-state index in [-0.39, 0.29) is 18.2 Å². The number of nitrogens with one attached hydrogen (secondary N) is 1. The molecule has 1 fully saturated rings. The second-order valence-corrected chi connectivity index (χ2v) is 6.83. The third-order valence-electron chi connectivity index (χ3n) is 4.21. The molecule has 0 radical (unpaired) electrons. The fourth-order valence-corrected chi connectivity index (χ4v) is 3.06. The Bertz CT molecular complexity index is 884. The number of benzene rings is 2. The van der Waals surface area contributed by atoms with Gasteiger partial charge in [0.05, 0.1) is 29.3 Å². The summed E-state index contributed by atoms with van der Waals surface area (Å²) < 4.78 is 5.11. The standard InChI is InChI=1S/C19H17Cl2N3O3/c1-27-15-5-3-14(4-6-15)24-11-13(9-18(24)25)19(26)23-22-10-12-2-7-16(20)17(21)8-12/h2-8,10,13H,9,11H2,1H3,(H,23,26)/b22-10+/t13-/m1/s1. The molecule has 1 atom stereocenters. The van der Waals surface area contributed by atoms with Crippen molar-refractivity contribution in [1.82, 2.24) is 5.43 Å². The van der Waals surface area contributed by atoms with Gasteiger partial charge in [0.25, 0.3) is 0 Å². The van der Waals surface area contributed by atoms with Crippen LogP contribution >= 0.6 is 23.2 Å². The lowest BCUT2D eigenvalue weighted by molar-refractivity contribution is -0.126. The van der Waals surface area contributed by atoms with Gasteiger partial charge in [0.15, 0.2) is 0 Å². The van der Waals surface area contributed by atoms with Gasteiger partial charge in [-0.05, 0) is 42.0 Å². The van der Waals surface area contributed by atoms with E-state index in [1.165, 1.54) is 6.21 Å². The Hall–Kier alpha value is -2.57. The van der Waals surface area contributed by atoms with Gasteiger partial charge in [-0.2, -0.15) is 5.10 Å². The molecule has 8 heteroatoms. The van der Waals surface area contributed by atoms with E-state index in [1.54, 1.807) is 54.5 Å². The highest BCUT2D eigenvalue weighted by Crippen LogP contribution is 2.27. The number of halogens is 2. The summed E-state index contributed by atoms with van der Waals surface area (Å²) in [4.78, 5) is 26.2. The average Bonchev–Trinajstić information content (AvgIpc) is 3.06. The molecule has 1 heterocycles. The molecule has 140 valence electrons. The van der Waals surface area contributed by atoms with Gasteiger partial charge in [-0.1, -0.05) is 29.3 Å². The molecule has 1 saturated heterocycles. The minimum absolute atomic E-state index is 0.103. The van der Waals surface area contributed by atoms with Crippen LogP contribution < -0.4 is 15.1 Å². The molecule has 1 aliphatic rings. The maximum atomic E-state index is 12.3. The first-order valence-electron chi connectivity index (χ1n) is 8.20. The number of rotatable bonds is 5. The van der Waals surface area contributed by atoms with E-state index in [2.05, 4.69) is 10.5 Å². The number of ether oxygens (including phenoxy) is 1. The van der Waals surface area contributed by atoms with Crippen LogP contribution in [0.3, 0.4) is 0 Å². The molecule has 6 nitrogen and oxygen atoms in total. The van der Waals surface area contributed by atoms with E-state index < -0.39 is 5.92 Å². The number of nitrogens with zero attached hydrogens (tertiary/aromatic N) is 2. The Morgan fingerprint density at radius 1 is 1.22 bits per heavy atom. The molecule has 2 aromatic rings. The fraction of sp³-hybridized carbons (Fsp3) is 0.211. The first-order valence-corrected chi connectivity index (χ1v) is 8.96. The summed E-state index contributed by atoms with van der Waals surface area (Å²) in [5.74, 6) is -0.175. The van der Waals surface area contributed by atoms with Crippen molar-refractivity contribution in [3.8, 4) is 5.75 Å². The van der Waals surface area contributed by atoms with Crippen molar-refractivity contribution < 1.29 is 14.3 Å². The third-order valence-corrected chi connectivity index (χ3v) is 4.95. The Labute approximate surface area is 166 Å². The van der Waals surface area contributed by atoms with Gasteiger partial charge in [-0.25, -0.2) is 5.43 Å². The summed E-state index contributed by atoms with van der Waals surface area (Å²) >= 11 is 11.8. The normalized spacial score (nSPS) is 16.8.